The third-order valence-electron chi connectivity index (χ3n) is 3.77. The van der Waals surface area contributed by atoms with E-state index in [1.165, 1.54) is 12.1 Å². The SMILES string of the molecule is NCC1CCC(C(=O)Nc2ccc(O)c(F)c2)CC1. The van der Waals surface area contributed by atoms with Gasteiger partial charge in [0.25, 0.3) is 0 Å². The van der Waals surface area contributed by atoms with E-state index in [2.05, 4.69) is 5.32 Å². The van der Waals surface area contributed by atoms with Crippen LogP contribution in [0.1, 0.15) is 25.7 Å². The van der Waals surface area contributed by atoms with Crippen LogP contribution >= 0.6 is 0 Å². The number of benzene rings is 1. The van der Waals surface area contributed by atoms with Crippen LogP contribution < -0.4 is 11.1 Å². The van der Waals surface area contributed by atoms with Gasteiger partial charge in [0.15, 0.2) is 11.6 Å². The predicted octanol–water partition coefficient (Wildman–Crippen LogP) is 2.23. The van der Waals surface area contributed by atoms with Gasteiger partial charge in [0.2, 0.25) is 5.91 Å². The van der Waals surface area contributed by atoms with Crippen molar-refractivity contribution in [3.05, 3.63) is 24.0 Å². The second kappa shape index (κ2) is 6.02. The lowest BCUT2D eigenvalue weighted by atomic mass is 9.81. The fourth-order valence-electron chi connectivity index (χ4n) is 2.49. The van der Waals surface area contributed by atoms with Crippen molar-refractivity contribution in [1.82, 2.24) is 0 Å². The second-order valence-corrected chi connectivity index (χ2v) is 5.11. The largest absolute Gasteiger partial charge is 0.505 e. The van der Waals surface area contributed by atoms with Crippen molar-refractivity contribution >= 4 is 11.6 Å². The fourth-order valence-corrected chi connectivity index (χ4v) is 2.49. The van der Waals surface area contributed by atoms with Crippen molar-refractivity contribution < 1.29 is 14.3 Å². The number of hydrogen-bond acceptors (Lipinski definition) is 3. The van der Waals surface area contributed by atoms with E-state index in [-0.39, 0.29) is 11.8 Å². The maximum Gasteiger partial charge on any atom is 0.227 e. The number of carbonyl (C=O) groups excluding carboxylic acids is 1. The Morgan fingerprint density at radius 1 is 1.37 bits per heavy atom. The molecule has 5 heteroatoms. The summed E-state index contributed by atoms with van der Waals surface area (Å²) >= 11 is 0. The molecule has 1 aliphatic carbocycles. The van der Waals surface area contributed by atoms with Gasteiger partial charge in [-0.3, -0.25) is 4.79 Å². The van der Waals surface area contributed by atoms with Crippen LogP contribution in [0.25, 0.3) is 0 Å². The van der Waals surface area contributed by atoms with Crippen molar-refractivity contribution in [2.24, 2.45) is 17.6 Å². The lowest BCUT2D eigenvalue weighted by molar-refractivity contribution is -0.121. The highest BCUT2D eigenvalue weighted by Gasteiger charge is 2.25. The summed E-state index contributed by atoms with van der Waals surface area (Å²) in [5.74, 6) is -0.735. The van der Waals surface area contributed by atoms with Crippen molar-refractivity contribution in [1.29, 1.82) is 0 Å². The lowest BCUT2D eigenvalue weighted by Gasteiger charge is -2.26. The fraction of sp³-hybridized carbons (Fsp3) is 0.500. The average molecular weight is 266 g/mol. The summed E-state index contributed by atoms with van der Waals surface area (Å²) < 4.78 is 13.2. The van der Waals surface area contributed by atoms with Crippen molar-refractivity contribution in [2.45, 2.75) is 25.7 Å². The molecule has 0 unspecified atom stereocenters. The van der Waals surface area contributed by atoms with E-state index in [1.807, 2.05) is 0 Å². The van der Waals surface area contributed by atoms with Gasteiger partial charge in [-0.15, -0.1) is 0 Å². The number of hydrogen-bond donors (Lipinski definition) is 3. The molecule has 2 rings (SSSR count). The summed E-state index contributed by atoms with van der Waals surface area (Å²) in [5, 5.41) is 11.8. The zero-order chi connectivity index (χ0) is 13.8. The minimum absolute atomic E-state index is 0.0281. The number of phenols is 1. The van der Waals surface area contributed by atoms with Gasteiger partial charge in [-0.25, -0.2) is 4.39 Å². The summed E-state index contributed by atoms with van der Waals surface area (Å²) in [6.07, 6.45) is 3.60. The van der Waals surface area contributed by atoms with Gasteiger partial charge in [-0.2, -0.15) is 0 Å². The molecule has 0 spiro atoms. The molecule has 1 saturated carbocycles. The van der Waals surface area contributed by atoms with Crippen LogP contribution in [0.4, 0.5) is 10.1 Å². The Balaban J connectivity index is 1.92. The average Bonchev–Trinajstić information content (AvgIpc) is 2.43. The molecule has 0 aromatic heterocycles. The topological polar surface area (TPSA) is 75.4 Å². The van der Waals surface area contributed by atoms with E-state index in [0.29, 0.717) is 18.2 Å². The normalized spacial score (nSPS) is 23.1. The number of carbonyl (C=O) groups is 1. The third kappa shape index (κ3) is 3.44. The van der Waals surface area contributed by atoms with Gasteiger partial charge in [0.1, 0.15) is 0 Å². The van der Waals surface area contributed by atoms with Gasteiger partial charge in [0, 0.05) is 17.7 Å². The smallest absolute Gasteiger partial charge is 0.227 e. The molecule has 0 bridgehead atoms. The van der Waals surface area contributed by atoms with E-state index in [0.717, 1.165) is 31.7 Å². The number of halogens is 1. The van der Waals surface area contributed by atoms with E-state index in [9.17, 15) is 9.18 Å². The summed E-state index contributed by atoms with van der Waals surface area (Å²) in [7, 11) is 0. The maximum atomic E-state index is 13.2. The molecule has 104 valence electrons. The van der Waals surface area contributed by atoms with E-state index < -0.39 is 11.6 Å². The Morgan fingerprint density at radius 3 is 2.63 bits per heavy atom. The first-order valence-corrected chi connectivity index (χ1v) is 6.59. The molecule has 0 radical (unpaired) electrons. The Hall–Kier alpha value is -1.62. The molecule has 0 heterocycles. The molecular formula is C14H19FN2O2. The summed E-state index contributed by atoms with van der Waals surface area (Å²) in [6.45, 7) is 0.678. The first-order chi connectivity index (χ1) is 9.10. The minimum Gasteiger partial charge on any atom is -0.505 e. The van der Waals surface area contributed by atoms with Crippen LogP contribution in [0, 0.1) is 17.7 Å². The summed E-state index contributed by atoms with van der Waals surface area (Å²) in [5.41, 5.74) is 5.99. The Kier molecular flexibility index (Phi) is 4.37. The monoisotopic (exact) mass is 266 g/mol. The third-order valence-corrected chi connectivity index (χ3v) is 3.77. The maximum absolute atomic E-state index is 13.2. The highest BCUT2D eigenvalue weighted by molar-refractivity contribution is 5.92. The number of anilines is 1. The molecule has 0 aliphatic heterocycles. The Bertz CT molecular complexity index is 457. The van der Waals surface area contributed by atoms with Gasteiger partial charge >= 0.3 is 0 Å². The standard InChI is InChI=1S/C14H19FN2O2/c15-12-7-11(5-6-13(12)18)17-14(19)10-3-1-9(8-16)2-4-10/h5-7,9-10,18H,1-4,8,16H2,(H,17,19). The molecule has 1 aromatic carbocycles. The molecule has 1 aromatic rings. The predicted molar refractivity (Wildman–Crippen MR) is 71.2 cm³/mol. The Morgan fingerprint density at radius 2 is 2.05 bits per heavy atom. The molecular weight excluding hydrogens is 247 g/mol. The number of nitrogens with one attached hydrogen (secondary N) is 1. The molecule has 1 fully saturated rings. The van der Waals surface area contributed by atoms with E-state index >= 15 is 0 Å². The van der Waals surface area contributed by atoms with Crippen LogP contribution in [0.15, 0.2) is 18.2 Å². The van der Waals surface area contributed by atoms with Gasteiger partial charge in [-0.1, -0.05) is 0 Å². The molecule has 0 atom stereocenters. The molecule has 4 nitrogen and oxygen atoms in total. The van der Waals surface area contributed by atoms with Crippen molar-refractivity contribution in [3.63, 3.8) is 0 Å². The first kappa shape index (κ1) is 13.8. The lowest BCUT2D eigenvalue weighted by Crippen LogP contribution is -2.29. The van der Waals surface area contributed by atoms with Crippen LogP contribution in [-0.4, -0.2) is 17.6 Å². The minimum atomic E-state index is -0.732. The molecule has 1 amide bonds. The molecule has 19 heavy (non-hydrogen) atoms. The highest BCUT2D eigenvalue weighted by Crippen LogP contribution is 2.29. The number of aromatic hydroxyl groups is 1. The van der Waals surface area contributed by atoms with Gasteiger partial charge in [-0.05, 0) is 50.3 Å². The zero-order valence-electron chi connectivity index (χ0n) is 10.7. The summed E-state index contributed by atoms with van der Waals surface area (Å²) in [4.78, 5) is 12.0. The zero-order valence-corrected chi connectivity index (χ0v) is 10.7. The van der Waals surface area contributed by atoms with Crippen LogP contribution in [0.5, 0.6) is 5.75 Å². The number of rotatable bonds is 3. The summed E-state index contributed by atoms with van der Waals surface area (Å²) in [6, 6.07) is 3.84. The first-order valence-electron chi connectivity index (χ1n) is 6.59. The van der Waals surface area contributed by atoms with Crippen LogP contribution in [0.2, 0.25) is 0 Å². The molecule has 1 aliphatic rings. The Labute approximate surface area is 111 Å². The number of amides is 1. The molecule has 4 N–H and O–H groups in total. The highest BCUT2D eigenvalue weighted by atomic mass is 19.1. The van der Waals surface area contributed by atoms with Gasteiger partial charge in [0.05, 0.1) is 0 Å². The number of phenolic OH excluding ortho intramolecular Hbond substituents is 1. The van der Waals surface area contributed by atoms with Crippen molar-refractivity contribution in [3.8, 4) is 5.75 Å². The van der Waals surface area contributed by atoms with E-state index in [4.69, 9.17) is 10.8 Å². The molecule has 0 saturated heterocycles. The van der Waals surface area contributed by atoms with Crippen LogP contribution in [0.3, 0.4) is 0 Å². The van der Waals surface area contributed by atoms with Gasteiger partial charge < -0.3 is 16.2 Å². The van der Waals surface area contributed by atoms with Crippen molar-refractivity contribution in [2.75, 3.05) is 11.9 Å². The van der Waals surface area contributed by atoms with E-state index in [1.54, 1.807) is 0 Å². The quantitative estimate of drug-likeness (QED) is 0.734. The number of nitrogens with two attached hydrogens (primary N) is 1. The van der Waals surface area contributed by atoms with Crippen LogP contribution in [-0.2, 0) is 4.79 Å². The second-order valence-electron chi connectivity index (χ2n) is 5.11.